The summed E-state index contributed by atoms with van der Waals surface area (Å²) in [6.45, 7) is 4.92. The summed E-state index contributed by atoms with van der Waals surface area (Å²) in [4.78, 5) is 1.96. The number of hydrogen-bond donors (Lipinski definition) is 1. The number of benzene rings is 2. The number of hydrogen-bond acceptors (Lipinski definition) is 2. The maximum atomic E-state index is 13.9. The molecule has 0 saturated heterocycles. The van der Waals surface area contributed by atoms with Crippen molar-refractivity contribution in [3.8, 4) is 0 Å². The zero-order valence-corrected chi connectivity index (χ0v) is 13.2. The predicted molar refractivity (Wildman–Crippen MR) is 87.4 cm³/mol. The molecule has 0 spiro atoms. The van der Waals surface area contributed by atoms with Crippen LogP contribution in [-0.4, -0.2) is 20.6 Å². The lowest BCUT2D eigenvalue weighted by molar-refractivity contribution is 0.572. The molecule has 0 heterocycles. The van der Waals surface area contributed by atoms with Crippen molar-refractivity contribution < 1.29 is 4.39 Å². The van der Waals surface area contributed by atoms with Crippen LogP contribution in [0.15, 0.2) is 42.5 Å². The second-order valence-electron chi connectivity index (χ2n) is 5.53. The molecule has 0 amide bonds. The second kappa shape index (κ2) is 6.72. The average molecular weight is 286 g/mol. The highest BCUT2D eigenvalue weighted by Gasteiger charge is 2.16. The first-order chi connectivity index (χ1) is 10.0. The van der Waals surface area contributed by atoms with Gasteiger partial charge < -0.3 is 10.2 Å². The van der Waals surface area contributed by atoms with Crippen LogP contribution in [0, 0.1) is 19.7 Å². The molecule has 1 atom stereocenters. The topological polar surface area (TPSA) is 15.3 Å². The van der Waals surface area contributed by atoms with Gasteiger partial charge >= 0.3 is 0 Å². The average Bonchev–Trinajstić information content (AvgIpc) is 2.47. The van der Waals surface area contributed by atoms with Crippen LogP contribution >= 0.6 is 0 Å². The van der Waals surface area contributed by atoms with Crippen molar-refractivity contribution in [3.05, 3.63) is 65.0 Å². The highest BCUT2D eigenvalue weighted by molar-refractivity contribution is 5.47. The monoisotopic (exact) mass is 286 g/mol. The van der Waals surface area contributed by atoms with Crippen LogP contribution in [0.5, 0.6) is 0 Å². The standard InChI is InChI=1S/C18H23FN2/c1-13-9-10-14(2)15(11-13)17(20-3)12-21(4)18-8-6-5-7-16(18)19/h5-11,17,20H,12H2,1-4H3. The van der Waals surface area contributed by atoms with Gasteiger partial charge in [-0.25, -0.2) is 4.39 Å². The van der Waals surface area contributed by atoms with E-state index in [-0.39, 0.29) is 11.9 Å². The molecule has 0 aliphatic carbocycles. The highest BCUT2D eigenvalue weighted by Crippen LogP contribution is 2.23. The van der Waals surface area contributed by atoms with E-state index >= 15 is 0 Å². The Labute approximate surface area is 126 Å². The van der Waals surface area contributed by atoms with E-state index in [0.717, 1.165) is 0 Å². The third kappa shape index (κ3) is 3.61. The van der Waals surface area contributed by atoms with E-state index in [9.17, 15) is 4.39 Å². The molecule has 0 aliphatic heterocycles. The largest absolute Gasteiger partial charge is 0.370 e. The van der Waals surface area contributed by atoms with E-state index in [2.05, 4.69) is 37.4 Å². The first-order valence-electron chi connectivity index (χ1n) is 7.23. The Balaban J connectivity index is 2.23. The van der Waals surface area contributed by atoms with E-state index in [1.807, 2.05) is 31.1 Å². The zero-order chi connectivity index (χ0) is 15.4. The van der Waals surface area contributed by atoms with Gasteiger partial charge in [0.1, 0.15) is 5.82 Å². The minimum Gasteiger partial charge on any atom is -0.370 e. The van der Waals surface area contributed by atoms with Crippen molar-refractivity contribution in [1.82, 2.24) is 5.32 Å². The van der Waals surface area contributed by atoms with Crippen LogP contribution in [0.2, 0.25) is 0 Å². The van der Waals surface area contributed by atoms with Gasteiger partial charge in [-0.05, 0) is 44.2 Å². The molecule has 3 heteroatoms. The van der Waals surface area contributed by atoms with E-state index in [4.69, 9.17) is 0 Å². The number of likely N-dealkylation sites (N-methyl/N-ethyl adjacent to an activating group) is 2. The second-order valence-corrected chi connectivity index (χ2v) is 5.53. The summed E-state index contributed by atoms with van der Waals surface area (Å²) in [6, 6.07) is 13.5. The molecule has 1 N–H and O–H groups in total. The Morgan fingerprint density at radius 1 is 1.14 bits per heavy atom. The molecule has 2 rings (SSSR count). The Kier molecular flexibility index (Phi) is 4.97. The van der Waals surface area contributed by atoms with Crippen molar-refractivity contribution in [2.24, 2.45) is 0 Å². The number of halogens is 1. The molecule has 2 aromatic rings. The third-order valence-electron chi connectivity index (χ3n) is 3.88. The van der Waals surface area contributed by atoms with Gasteiger partial charge in [0, 0.05) is 19.6 Å². The lowest BCUT2D eigenvalue weighted by Crippen LogP contribution is -2.32. The quantitative estimate of drug-likeness (QED) is 0.898. The van der Waals surface area contributed by atoms with Gasteiger partial charge in [0.05, 0.1) is 5.69 Å². The third-order valence-corrected chi connectivity index (χ3v) is 3.88. The van der Waals surface area contributed by atoms with Crippen LogP contribution in [0.4, 0.5) is 10.1 Å². The fourth-order valence-electron chi connectivity index (χ4n) is 2.61. The van der Waals surface area contributed by atoms with Crippen molar-refractivity contribution in [2.75, 3.05) is 25.5 Å². The Morgan fingerprint density at radius 2 is 1.86 bits per heavy atom. The number of anilines is 1. The molecule has 1 unspecified atom stereocenters. The minimum absolute atomic E-state index is 0.162. The van der Waals surface area contributed by atoms with E-state index < -0.39 is 0 Å². The maximum absolute atomic E-state index is 13.9. The number of nitrogens with one attached hydrogen (secondary N) is 1. The summed E-state index contributed by atoms with van der Waals surface area (Å²) in [5.74, 6) is -0.184. The molecule has 2 nitrogen and oxygen atoms in total. The number of para-hydroxylation sites is 1. The van der Waals surface area contributed by atoms with Gasteiger partial charge in [0.2, 0.25) is 0 Å². The summed E-state index contributed by atoms with van der Waals surface area (Å²) >= 11 is 0. The molecule has 0 aromatic heterocycles. The molecule has 0 bridgehead atoms. The highest BCUT2D eigenvalue weighted by atomic mass is 19.1. The fourth-order valence-corrected chi connectivity index (χ4v) is 2.61. The normalized spacial score (nSPS) is 12.2. The molecule has 0 radical (unpaired) electrons. The van der Waals surface area contributed by atoms with Crippen molar-refractivity contribution in [3.63, 3.8) is 0 Å². The summed E-state index contributed by atoms with van der Waals surface area (Å²) in [6.07, 6.45) is 0. The first kappa shape index (κ1) is 15.5. The van der Waals surface area contributed by atoms with Crippen LogP contribution in [0.3, 0.4) is 0 Å². The zero-order valence-electron chi connectivity index (χ0n) is 13.2. The lowest BCUT2D eigenvalue weighted by atomic mass is 9.98. The van der Waals surface area contributed by atoms with Crippen LogP contribution < -0.4 is 10.2 Å². The minimum atomic E-state index is -0.184. The summed E-state index contributed by atoms with van der Waals surface area (Å²) in [5.41, 5.74) is 4.38. The number of aryl methyl sites for hydroxylation is 2. The van der Waals surface area contributed by atoms with E-state index in [1.54, 1.807) is 6.07 Å². The molecular formula is C18H23FN2. The van der Waals surface area contributed by atoms with Gasteiger partial charge in [0.15, 0.2) is 0 Å². The Morgan fingerprint density at radius 3 is 2.52 bits per heavy atom. The molecule has 21 heavy (non-hydrogen) atoms. The molecule has 0 aliphatic rings. The lowest BCUT2D eigenvalue weighted by Gasteiger charge is -2.27. The van der Waals surface area contributed by atoms with E-state index in [1.165, 1.54) is 22.8 Å². The Bertz CT molecular complexity index is 610. The molecular weight excluding hydrogens is 263 g/mol. The van der Waals surface area contributed by atoms with Gasteiger partial charge in [-0.15, -0.1) is 0 Å². The van der Waals surface area contributed by atoms with Crippen LogP contribution in [0.25, 0.3) is 0 Å². The van der Waals surface area contributed by atoms with Crippen molar-refractivity contribution >= 4 is 5.69 Å². The molecule has 0 saturated carbocycles. The first-order valence-corrected chi connectivity index (χ1v) is 7.23. The van der Waals surface area contributed by atoms with Gasteiger partial charge in [-0.3, -0.25) is 0 Å². The maximum Gasteiger partial charge on any atom is 0.146 e. The van der Waals surface area contributed by atoms with Gasteiger partial charge in [-0.1, -0.05) is 35.9 Å². The summed E-state index contributed by atoms with van der Waals surface area (Å²) in [5, 5.41) is 3.34. The fraction of sp³-hybridized carbons (Fsp3) is 0.333. The van der Waals surface area contributed by atoms with Crippen molar-refractivity contribution in [1.29, 1.82) is 0 Å². The van der Waals surface area contributed by atoms with Crippen LogP contribution in [-0.2, 0) is 0 Å². The predicted octanol–water partition coefficient (Wildman–Crippen LogP) is 3.84. The number of rotatable bonds is 5. The van der Waals surface area contributed by atoms with Gasteiger partial charge in [0.25, 0.3) is 0 Å². The Hall–Kier alpha value is -1.87. The summed E-state index contributed by atoms with van der Waals surface area (Å²) < 4.78 is 13.9. The SMILES string of the molecule is CNC(CN(C)c1ccccc1F)c1cc(C)ccc1C. The van der Waals surface area contributed by atoms with E-state index in [0.29, 0.717) is 12.2 Å². The van der Waals surface area contributed by atoms with Gasteiger partial charge in [-0.2, -0.15) is 0 Å². The summed E-state index contributed by atoms with van der Waals surface area (Å²) in [7, 11) is 3.87. The smallest absolute Gasteiger partial charge is 0.146 e. The van der Waals surface area contributed by atoms with Crippen molar-refractivity contribution in [2.45, 2.75) is 19.9 Å². The van der Waals surface area contributed by atoms with Crippen LogP contribution in [0.1, 0.15) is 22.7 Å². The molecule has 2 aromatic carbocycles. The molecule has 112 valence electrons. The molecule has 0 fully saturated rings. The number of nitrogens with zero attached hydrogens (tertiary/aromatic N) is 1.